The Hall–Kier alpha value is -1.05. The van der Waals surface area contributed by atoms with Gasteiger partial charge in [0.2, 0.25) is 0 Å². The normalized spacial score (nSPS) is 9.47. The van der Waals surface area contributed by atoms with E-state index >= 15 is 0 Å². The molecule has 0 aliphatic rings. The summed E-state index contributed by atoms with van der Waals surface area (Å²) in [7, 11) is 0. The molecule has 0 amide bonds. The number of hydrogen-bond donors (Lipinski definition) is 4. The molecule has 7 heteroatoms. The molecule has 15 heavy (non-hydrogen) atoms. The third-order valence-electron chi connectivity index (χ3n) is 0.893. The first-order valence-electron chi connectivity index (χ1n) is 4.16. The van der Waals surface area contributed by atoms with Crippen molar-refractivity contribution in [1.29, 1.82) is 0 Å². The first-order chi connectivity index (χ1) is 7.04. The van der Waals surface area contributed by atoms with E-state index in [2.05, 4.69) is 0 Å². The number of nitrogens with two attached hydrogens (primary N) is 2. The van der Waals surface area contributed by atoms with Crippen LogP contribution in [-0.4, -0.2) is 46.7 Å². The second kappa shape index (κ2) is 12.9. The lowest BCUT2D eigenvalue weighted by Gasteiger charge is -1.91. The predicted molar refractivity (Wildman–Crippen MR) is 59.8 cm³/mol. The molecule has 6 N–H and O–H groups in total. The molecule has 0 aliphatic carbocycles. The number of carboxylic acid groups (broad SMARTS) is 2. The predicted octanol–water partition coefficient (Wildman–Crippen LogP) is -0.651. The number of aliphatic carboxylic acids is 2. The molecule has 88 valence electrons. The first-order valence-corrected chi connectivity index (χ1v) is 5.31. The second-order valence-corrected chi connectivity index (χ2v) is 3.42. The van der Waals surface area contributed by atoms with Gasteiger partial charge in [0.15, 0.2) is 0 Å². The molecule has 0 aromatic carbocycles. The van der Waals surface area contributed by atoms with Gasteiger partial charge < -0.3 is 21.7 Å². The molecule has 0 aromatic heterocycles. The van der Waals surface area contributed by atoms with E-state index in [-0.39, 0.29) is 0 Å². The third-order valence-corrected chi connectivity index (χ3v) is 1.94. The van der Waals surface area contributed by atoms with Crippen molar-refractivity contribution in [3.8, 4) is 0 Å². The van der Waals surface area contributed by atoms with Gasteiger partial charge in [0.25, 0.3) is 0 Å². The van der Waals surface area contributed by atoms with Crippen molar-refractivity contribution in [2.75, 3.05) is 24.6 Å². The molecule has 0 radical (unpaired) electrons. The molecule has 0 aromatic rings. The second-order valence-electron chi connectivity index (χ2n) is 2.20. The summed E-state index contributed by atoms with van der Waals surface area (Å²) in [6.45, 7) is 1.54. The van der Waals surface area contributed by atoms with Crippen molar-refractivity contribution in [3.63, 3.8) is 0 Å². The maximum atomic E-state index is 9.55. The van der Waals surface area contributed by atoms with Crippen LogP contribution in [0.5, 0.6) is 0 Å². The van der Waals surface area contributed by atoms with Gasteiger partial charge in [-0.25, -0.2) is 9.59 Å². The van der Waals surface area contributed by atoms with Crippen molar-refractivity contribution < 1.29 is 19.8 Å². The summed E-state index contributed by atoms with van der Waals surface area (Å²) >= 11 is 1.80. The standard InChI is InChI=1S/C4H12N2S.C4H4O4/c5-1-3-7-4-2-6;5-3(6)1-2-4(7)8/h1-6H2;1-2H,(H,5,6)(H,7,8)/b;2-1+. The minimum Gasteiger partial charge on any atom is -0.478 e. The molecule has 0 unspecified atom stereocenters. The van der Waals surface area contributed by atoms with Crippen LogP contribution < -0.4 is 11.5 Å². The minimum atomic E-state index is -1.26. The molecule has 0 heterocycles. The van der Waals surface area contributed by atoms with Crippen LogP contribution >= 0.6 is 11.8 Å². The minimum absolute atomic E-state index is 0.558. The largest absolute Gasteiger partial charge is 0.478 e. The molecule has 0 bridgehead atoms. The molecular weight excluding hydrogens is 220 g/mol. The Labute approximate surface area is 92.3 Å². The van der Waals surface area contributed by atoms with Gasteiger partial charge in [-0.3, -0.25) is 0 Å². The molecule has 6 nitrogen and oxygen atoms in total. The molecule has 0 saturated carbocycles. The van der Waals surface area contributed by atoms with Crippen molar-refractivity contribution in [2.24, 2.45) is 11.5 Å². The summed E-state index contributed by atoms with van der Waals surface area (Å²) in [5.74, 6) is -0.436. The van der Waals surface area contributed by atoms with E-state index in [4.69, 9.17) is 21.7 Å². The van der Waals surface area contributed by atoms with Crippen LogP contribution in [0.2, 0.25) is 0 Å². The van der Waals surface area contributed by atoms with Crippen LogP contribution in [0.4, 0.5) is 0 Å². The highest BCUT2D eigenvalue weighted by Gasteiger charge is 1.88. The summed E-state index contributed by atoms with van der Waals surface area (Å²) in [4.78, 5) is 19.1. The number of carboxylic acids is 2. The zero-order valence-corrected chi connectivity index (χ0v) is 9.07. The van der Waals surface area contributed by atoms with Gasteiger partial charge in [-0.2, -0.15) is 11.8 Å². The van der Waals surface area contributed by atoms with E-state index in [0.29, 0.717) is 12.2 Å². The Bertz CT molecular complexity index is 189. The van der Waals surface area contributed by atoms with Gasteiger partial charge >= 0.3 is 11.9 Å². The fourth-order valence-corrected chi connectivity index (χ4v) is 0.949. The summed E-state index contributed by atoms with van der Waals surface area (Å²) in [5, 5.41) is 15.6. The molecule has 0 rings (SSSR count). The fraction of sp³-hybridized carbons (Fsp3) is 0.500. The molecule has 0 spiro atoms. The number of rotatable bonds is 6. The van der Waals surface area contributed by atoms with Gasteiger partial charge in [-0.15, -0.1) is 0 Å². The van der Waals surface area contributed by atoms with Crippen molar-refractivity contribution in [3.05, 3.63) is 12.2 Å². The average molecular weight is 236 g/mol. The van der Waals surface area contributed by atoms with Crippen LogP contribution in [0.25, 0.3) is 0 Å². The smallest absolute Gasteiger partial charge is 0.328 e. The van der Waals surface area contributed by atoms with Crippen LogP contribution in [-0.2, 0) is 9.59 Å². The number of thioether (sulfide) groups is 1. The highest BCUT2D eigenvalue weighted by atomic mass is 32.2. The van der Waals surface area contributed by atoms with Gasteiger partial charge in [-0.05, 0) is 0 Å². The number of hydrogen-bond acceptors (Lipinski definition) is 5. The van der Waals surface area contributed by atoms with E-state index in [1.807, 2.05) is 0 Å². The van der Waals surface area contributed by atoms with E-state index < -0.39 is 11.9 Å². The lowest BCUT2D eigenvalue weighted by Crippen LogP contribution is -2.06. The lowest BCUT2D eigenvalue weighted by atomic mass is 10.5. The summed E-state index contributed by atoms with van der Waals surface area (Å²) in [6.07, 6.45) is 1.12. The highest BCUT2D eigenvalue weighted by Crippen LogP contribution is 1.93. The SMILES string of the molecule is NCCSCCN.O=C(O)/C=C/C(=O)O. The Morgan fingerprint density at radius 1 is 1.00 bits per heavy atom. The van der Waals surface area contributed by atoms with Crippen LogP contribution in [0.15, 0.2) is 12.2 Å². The Morgan fingerprint density at radius 3 is 1.53 bits per heavy atom. The first kappa shape index (κ1) is 16.4. The maximum Gasteiger partial charge on any atom is 0.328 e. The average Bonchev–Trinajstić information content (AvgIpc) is 2.17. The van der Waals surface area contributed by atoms with E-state index in [1.54, 1.807) is 11.8 Å². The van der Waals surface area contributed by atoms with Gasteiger partial charge in [0, 0.05) is 36.7 Å². The lowest BCUT2D eigenvalue weighted by molar-refractivity contribution is -0.134. The Kier molecular flexibility index (Phi) is 14.1. The highest BCUT2D eigenvalue weighted by molar-refractivity contribution is 7.99. The van der Waals surface area contributed by atoms with E-state index in [1.165, 1.54) is 0 Å². The van der Waals surface area contributed by atoms with E-state index in [0.717, 1.165) is 24.6 Å². The molecule has 0 atom stereocenters. The quantitative estimate of drug-likeness (QED) is 0.356. The van der Waals surface area contributed by atoms with Gasteiger partial charge in [0.05, 0.1) is 0 Å². The summed E-state index contributed by atoms with van der Waals surface area (Å²) in [6, 6.07) is 0. The van der Waals surface area contributed by atoms with E-state index in [9.17, 15) is 9.59 Å². The van der Waals surface area contributed by atoms with Crippen molar-refractivity contribution in [1.82, 2.24) is 0 Å². The molecule has 0 fully saturated rings. The third kappa shape index (κ3) is 24.6. The maximum absolute atomic E-state index is 9.55. The van der Waals surface area contributed by atoms with Crippen molar-refractivity contribution >= 4 is 23.7 Å². The van der Waals surface area contributed by atoms with Crippen LogP contribution in [0, 0.1) is 0 Å². The van der Waals surface area contributed by atoms with Gasteiger partial charge in [0.1, 0.15) is 0 Å². The van der Waals surface area contributed by atoms with Crippen LogP contribution in [0.3, 0.4) is 0 Å². The fourth-order valence-electron chi connectivity index (χ4n) is 0.411. The van der Waals surface area contributed by atoms with Crippen molar-refractivity contribution in [2.45, 2.75) is 0 Å². The summed E-state index contributed by atoms with van der Waals surface area (Å²) in [5.41, 5.74) is 10.4. The zero-order valence-electron chi connectivity index (χ0n) is 8.26. The summed E-state index contributed by atoms with van der Waals surface area (Å²) < 4.78 is 0. The molecular formula is C8H16N2O4S. The Balaban J connectivity index is 0. The topological polar surface area (TPSA) is 127 Å². The zero-order chi connectivity index (χ0) is 12.1. The Morgan fingerprint density at radius 2 is 1.33 bits per heavy atom. The molecule has 0 aliphatic heterocycles. The van der Waals surface area contributed by atoms with Gasteiger partial charge in [-0.1, -0.05) is 0 Å². The number of carbonyl (C=O) groups is 2. The molecule has 0 saturated heterocycles. The monoisotopic (exact) mass is 236 g/mol. The van der Waals surface area contributed by atoms with Crippen LogP contribution in [0.1, 0.15) is 0 Å².